The quantitative estimate of drug-likeness (QED) is 0.735. The lowest BCUT2D eigenvalue weighted by Gasteiger charge is -2.00. The van der Waals surface area contributed by atoms with E-state index in [1.54, 1.807) is 18.4 Å². The highest BCUT2D eigenvalue weighted by Gasteiger charge is 2.13. The third-order valence-corrected chi connectivity index (χ3v) is 3.91. The minimum atomic E-state index is 0.854. The van der Waals surface area contributed by atoms with E-state index in [1.165, 1.54) is 6.42 Å². The molecule has 0 unspecified atom stereocenters. The second-order valence-electron chi connectivity index (χ2n) is 4.53. The van der Waals surface area contributed by atoms with Crippen LogP contribution in [-0.4, -0.2) is 24.5 Å². The van der Waals surface area contributed by atoms with Crippen LogP contribution in [0.15, 0.2) is 29.6 Å². The van der Waals surface area contributed by atoms with Crippen LogP contribution in [-0.2, 0) is 0 Å². The van der Waals surface area contributed by atoms with Crippen LogP contribution >= 0.6 is 11.3 Å². The van der Waals surface area contributed by atoms with Crippen molar-refractivity contribution in [2.45, 2.75) is 12.8 Å². The summed E-state index contributed by atoms with van der Waals surface area (Å²) in [5.41, 5.74) is 8.35. The van der Waals surface area contributed by atoms with Crippen LogP contribution in [0.4, 0.5) is 5.13 Å². The first-order valence-corrected chi connectivity index (χ1v) is 7.45. The van der Waals surface area contributed by atoms with Crippen LogP contribution in [0, 0.1) is 0 Å². The fourth-order valence-corrected chi connectivity index (χ4v) is 2.73. The molecule has 0 spiro atoms. The summed E-state index contributed by atoms with van der Waals surface area (Å²) in [6.45, 7) is 1.04. The van der Waals surface area contributed by atoms with Gasteiger partial charge in [0.1, 0.15) is 5.75 Å². The van der Waals surface area contributed by atoms with Crippen molar-refractivity contribution in [3.8, 4) is 17.0 Å². The maximum absolute atomic E-state index is 5.16. The second-order valence-corrected chi connectivity index (χ2v) is 5.38. The molecule has 0 bridgehead atoms. The van der Waals surface area contributed by atoms with Crippen molar-refractivity contribution in [3.63, 3.8) is 0 Å². The van der Waals surface area contributed by atoms with Crippen LogP contribution < -0.4 is 20.6 Å². The summed E-state index contributed by atoms with van der Waals surface area (Å²) < 4.78 is 5.16. The van der Waals surface area contributed by atoms with E-state index < -0.39 is 0 Å². The Morgan fingerprint density at radius 3 is 2.80 bits per heavy atom. The fraction of sp³-hybridized carbons (Fsp3) is 0.286. The van der Waals surface area contributed by atoms with Crippen molar-refractivity contribution in [1.29, 1.82) is 0 Å². The average Bonchev–Trinajstić information content (AvgIpc) is 3.17. The zero-order valence-electron chi connectivity index (χ0n) is 11.3. The van der Waals surface area contributed by atoms with Crippen LogP contribution in [0.25, 0.3) is 11.3 Å². The van der Waals surface area contributed by atoms with Crippen LogP contribution in [0.3, 0.4) is 0 Å². The number of nitrogens with zero attached hydrogens (tertiary/aromatic N) is 1. The third-order valence-electron chi connectivity index (χ3n) is 3.15. The smallest absolute Gasteiger partial charge is 0.266 e. The third kappa shape index (κ3) is 2.91. The first-order chi connectivity index (χ1) is 9.85. The molecule has 0 saturated carbocycles. The van der Waals surface area contributed by atoms with Gasteiger partial charge in [0, 0.05) is 10.9 Å². The molecule has 0 radical (unpaired) electrons. The Hall–Kier alpha value is -2.08. The van der Waals surface area contributed by atoms with Gasteiger partial charge in [0.15, 0.2) is 0 Å². The van der Waals surface area contributed by atoms with Gasteiger partial charge < -0.3 is 4.74 Å². The Bertz CT molecular complexity index is 606. The topological polar surface area (TPSA) is 60.1 Å². The Balaban J connectivity index is 1.66. The van der Waals surface area contributed by atoms with Gasteiger partial charge in [-0.25, -0.2) is 10.4 Å². The van der Waals surface area contributed by atoms with Crippen molar-refractivity contribution < 1.29 is 9.73 Å². The monoisotopic (exact) mass is 289 g/mol. The Kier molecular flexibility index (Phi) is 3.83. The summed E-state index contributed by atoms with van der Waals surface area (Å²) in [7, 11) is 1.67. The zero-order valence-corrected chi connectivity index (χ0v) is 12.1. The summed E-state index contributed by atoms with van der Waals surface area (Å²) in [6, 6.07) is 7.91. The van der Waals surface area contributed by atoms with Crippen molar-refractivity contribution in [2.75, 3.05) is 19.1 Å². The van der Waals surface area contributed by atoms with Gasteiger partial charge in [0.05, 0.1) is 25.8 Å². The van der Waals surface area contributed by atoms with Gasteiger partial charge >= 0.3 is 0 Å². The number of benzene rings is 1. The number of hydrogen-bond donors (Lipinski definition) is 3. The SMILES string of the molecule is COc1ccc(-c2csc(NNC3=[NH+]CCC3)n2)cc1. The summed E-state index contributed by atoms with van der Waals surface area (Å²) in [5, 5.41) is 2.90. The van der Waals surface area contributed by atoms with Crippen molar-refractivity contribution in [1.82, 2.24) is 10.4 Å². The summed E-state index contributed by atoms with van der Waals surface area (Å²) in [5.74, 6) is 1.99. The molecule has 0 aliphatic carbocycles. The number of anilines is 1. The van der Waals surface area contributed by atoms with Crippen molar-refractivity contribution >= 4 is 22.3 Å². The predicted molar refractivity (Wildman–Crippen MR) is 80.9 cm³/mol. The van der Waals surface area contributed by atoms with E-state index in [2.05, 4.69) is 20.8 Å². The van der Waals surface area contributed by atoms with E-state index in [0.29, 0.717) is 0 Å². The minimum Gasteiger partial charge on any atom is -0.497 e. The number of nitrogens with one attached hydrogen (secondary N) is 3. The number of amidine groups is 1. The molecule has 1 aliphatic rings. The van der Waals surface area contributed by atoms with Gasteiger partial charge in [0.2, 0.25) is 5.13 Å². The van der Waals surface area contributed by atoms with Crippen LogP contribution in [0.5, 0.6) is 5.75 Å². The molecule has 0 saturated heterocycles. The number of methoxy groups -OCH3 is 1. The van der Waals surface area contributed by atoms with E-state index in [9.17, 15) is 0 Å². The molecule has 0 fully saturated rings. The number of ether oxygens (including phenoxy) is 1. The molecule has 0 atom stereocenters. The molecule has 1 aromatic heterocycles. The molecule has 0 amide bonds. The molecule has 2 heterocycles. The number of aromatic nitrogens is 1. The van der Waals surface area contributed by atoms with Gasteiger partial charge in [-0.05, 0) is 30.7 Å². The van der Waals surface area contributed by atoms with Crippen LogP contribution in [0.2, 0.25) is 0 Å². The molecule has 104 valence electrons. The Morgan fingerprint density at radius 2 is 2.10 bits per heavy atom. The standard InChI is InChI=1S/C14H16N4OS/c1-19-11-6-4-10(5-7-11)12-9-20-14(16-12)18-17-13-3-2-8-15-13/h4-7,9H,2-3,8H2,1H3,(H,15,17)(H,16,18)/p+1. The molecule has 1 aliphatic heterocycles. The molecule has 6 heteroatoms. The van der Waals surface area contributed by atoms with Crippen LogP contribution in [0.1, 0.15) is 12.8 Å². The first kappa shape index (κ1) is 12.9. The average molecular weight is 289 g/mol. The Morgan fingerprint density at radius 1 is 1.25 bits per heavy atom. The summed E-state index contributed by atoms with van der Waals surface area (Å²) in [4.78, 5) is 7.84. The summed E-state index contributed by atoms with van der Waals surface area (Å²) >= 11 is 1.58. The lowest BCUT2D eigenvalue weighted by Crippen LogP contribution is -2.72. The van der Waals surface area contributed by atoms with Gasteiger partial charge in [-0.2, -0.15) is 5.43 Å². The highest BCUT2D eigenvalue weighted by atomic mass is 32.1. The number of hydrogen-bond acceptors (Lipinski definition) is 5. The highest BCUT2D eigenvalue weighted by molar-refractivity contribution is 7.14. The Labute approximate surface area is 121 Å². The number of rotatable bonds is 4. The number of thiazole rings is 1. The van der Waals surface area contributed by atoms with E-state index in [4.69, 9.17) is 4.74 Å². The van der Waals surface area contributed by atoms with Crippen molar-refractivity contribution in [3.05, 3.63) is 29.6 Å². The summed E-state index contributed by atoms with van der Waals surface area (Å²) in [6.07, 6.45) is 2.24. The van der Waals surface area contributed by atoms with E-state index in [1.807, 2.05) is 29.6 Å². The van der Waals surface area contributed by atoms with Gasteiger partial charge in [-0.1, -0.05) is 0 Å². The normalized spacial score (nSPS) is 13.9. The van der Waals surface area contributed by atoms with Crippen molar-refractivity contribution in [2.24, 2.45) is 0 Å². The molecular formula is C14H17N4OS+. The largest absolute Gasteiger partial charge is 0.497 e. The highest BCUT2D eigenvalue weighted by Crippen LogP contribution is 2.26. The van der Waals surface area contributed by atoms with Gasteiger partial charge in [-0.15, -0.1) is 11.3 Å². The molecule has 20 heavy (non-hydrogen) atoms. The van der Waals surface area contributed by atoms with E-state index in [-0.39, 0.29) is 0 Å². The number of hydrazine groups is 1. The van der Waals surface area contributed by atoms with Gasteiger partial charge in [-0.3, -0.25) is 4.99 Å². The molecule has 5 nitrogen and oxygen atoms in total. The molecule has 3 N–H and O–H groups in total. The maximum atomic E-state index is 5.16. The van der Waals surface area contributed by atoms with Gasteiger partial charge in [0.25, 0.3) is 5.84 Å². The lowest BCUT2D eigenvalue weighted by molar-refractivity contribution is -0.449. The zero-order chi connectivity index (χ0) is 13.8. The molecule has 3 rings (SSSR count). The maximum Gasteiger partial charge on any atom is 0.266 e. The fourth-order valence-electron chi connectivity index (χ4n) is 2.05. The molecule has 1 aromatic carbocycles. The molecule has 2 aromatic rings. The van der Waals surface area contributed by atoms with E-state index >= 15 is 0 Å². The molecular weight excluding hydrogens is 272 g/mol. The lowest BCUT2D eigenvalue weighted by atomic mass is 10.2. The minimum absolute atomic E-state index is 0.854. The first-order valence-electron chi connectivity index (χ1n) is 6.57. The second kappa shape index (κ2) is 5.92. The predicted octanol–water partition coefficient (Wildman–Crippen LogP) is 1.01. The van der Waals surface area contributed by atoms with E-state index in [0.717, 1.165) is 40.9 Å².